The Kier molecular flexibility index (Phi) is 12.2. The van der Waals surface area contributed by atoms with Gasteiger partial charge >= 0.3 is 15.6 Å². The van der Waals surface area contributed by atoms with Crippen LogP contribution in [0.4, 0.5) is 5.82 Å². The van der Waals surface area contributed by atoms with E-state index in [1.54, 1.807) is 0 Å². The second kappa shape index (κ2) is 15.9. The van der Waals surface area contributed by atoms with Crippen LogP contribution in [0.3, 0.4) is 0 Å². The first-order chi connectivity index (χ1) is 22.3. The largest absolute Gasteiger partial charge is 0.524 e. The number of carbonyl (C=O) groups excluding carboxylic acids is 1. The van der Waals surface area contributed by atoms with E-state index in [1.165, 1.54) is 18.2 Å². The van der Waals surface area contributed by atoms with Crippen LogP contribution in [0.2, 0.25) is 0 Å². The van der Waals surface area contributed by atoms with Crippen molar-refractivity contribution in [1.29, 1.82) is 0 Å². The fourth-order valence-electron chi connectivity index (χ4n) is 5.05. The van der Waals surface area contributed by atoms with Crippen molar-refractivity contribution >= 4 is 49.3 Å². The zero-order valence-electron chi connectivity index (χ0n) is 25.9. The standard InChI is InChI=1S/C30H39N5O10P2/c1-3-5-9-26-34-28-29(35(26)19-21-18-22(44-46(37,38)39)11-13-25(21)45-47(40,41)42)23-17-20(10-12-24(23)33-30(28)31)8-6-15-43-16-7-14-32-27(36)4-2/h4,10-13,17-18H,2-3,5-9,14-16,19H2,1H3,(H2,31,33)(H,32,36)(H2,37,38,39)(H2,40,41,42). The van der Waals surface area contributed by atoms with Gasteiger partial charge in [-0.1, -0.05) is 26.0 Å². The highest BCUT2D eigenvalue weighted by molar-refractivity contribution is 7.47. The minimum Gasteiger partial charge on any atom is -0.404 e. The number of phosphoric acid groups is 2. The van der Waals surface area contributed by atoms with Crippen molar-refractivity contribution in [3.05, 3.63) is 66.0 Å². The number of pyridine rings is 1. The third-order valence-electron chi connectivity index (χ3n) is 7.11. The van der Waals surface area contributed by atoms with E-state index < -0.39 is 15.6 Å². The summed E-state index contributed by atoms with van der Waals surface area (Å²) in [5.41, 5.74) is 9.28. The number of imidazole rings is 1. The zero-order chi connectivity index (χ0) is 34.2. The van der Waals surface area contributed by atoms with E-state index in [2.05, 4.69) is 16.9 Å². The number of fused-ring (bicyclic) bond motifs is 3. The van der Waals surface area contributed by atoms with Crippen molar-refractivity contribution in [1.82, 2.24) is 19.9 Å². The van der Waals surface area contributed by atoms with Crippen LogP contribution in [-0.4, -0.2) is 59.8 Å². The Labute approximate surface area is 271 Å². The maximum atomic E-state index is 11.8. The molecule has 7 N–H and O–H groups in total. The molecule has 47 heavy (non-hydrogen) atoms. The third-order valence-corrected chi connectivity index (χ3v) is 7.99. The first-order valence-electron chi connectivity index (χ1n) is 15.0. The Morgan fingerprint density at radius 1 is 1.00 bits per heavy atom. The average Bonchev–Trinajstić information content (AvgIpc) is 3.36. The number of amides is 1. The van der Waals surface area contributed by atoms with Gasteiger partial charge in [0.1, 0.15) is 22.8 Å². The van der Waals surface area contributed by atoms with Crippen molar-refractivity contribution in [2.45, 2.75) is 52.0 Å². The van der Waals surface area contributed by atoms with E-state index in [9.17, 15) is 33.5 Å². The number of aryl methyl sites for hydroxylation is 2. The molecule has 0 unspecified atom stereocenters. The highest BCUT2D eigenvalue weighted by Gasteiger charge is 2.24. The molecule has 1 amide bonds. The number of carbonyl (C=O) groups is 1. The summed E-state index contributed by atoms with van der Waals surface area (Å²) in [6.45, 7) is 6.93. The Morgan fingerprint density at radius 3 is 2.45 bits per heavy atom. The molecule has 0 aliphatic heterocycles. The molecule has 4 rings (SSSR count). The van der Waals surface area contributed by atoms with Gasteiger partial charge < -0.3 is 29.4 Å². The van der Waals surface area contributed by atoms with Gasteiger partial charge in [-0.15, -0.1) is 0 Å². The van der Waals surface area contributed by atoms with Crippen molar-refractivity contribution in [3.63, 3.8) is 0 Å². The lowest BCUT2D eigenvalue weighted by atomic mass is 10.1. The summed E-state index contributed by atoms with van der Waals surface area (Å²) in [5, 5.41) is 3.45. The number of hydrogen-bond acceptors (Lipinski definition) is 9. The lowest BCUT2D eigenvalue weighted by Gasteiger charge is -2.17. The van der Waals surface area contributed by atoms with Crippen molar-refractivity contribution in [3.8, 4) is 11.5 Å². The molecular weight excluding hydrogens is 652 g/mol. The number of phosphoric ester groups is 2. The number of nitrogen functional groups attached to an aromatic ring is 1. The normalized spacial score (nSPS) is 12.0. The molecule has 2 aromatic carbocycles. The first kappa shape index (κ1) is 36.0. The van der Waals surface area contributed by atoms with Crippen LogP contribution >= 0.6 is 15.6 Å². The predicted molar refractivity (Wildman–Crippen MR) is 176 cm³/mol. The Bertz CT molecular complexity index is 1840. The second-order valence-electron chi connectivity index (χ2n) is 10.8. The maximum absolute atomic E-state index is 11.8. The molecule has 254 valence electrons. The summed E-state index contributed by atoms with van der Waals surface area (Å²) in [6, 6.07) is 9.39. The number of nitrogens with zero attached hydrogens (tertiary/aromatic N) is 3. The van der Waals surface area contributed by atoms with Crippen LogP contribution in [0.15, 0.2) is 49.1 Å². The number of benzene rings is 2. The molecule has 4 aromatic rings. The maximum Gasteiger partial charge on any atom is 0.524 e. The first-order valence-corrected chi connectivity index (χ1v) is 18.0. The van der Waals surface area contributed by atoms with Gasteiger partial charge in [0.2, 0.25) is 5.91 Å². The van der Waals surface area contributed by atoms with Gasteiger partial charge in [-0.3, -0.25) is 24.4 Å². The molecule has 0 saturated heterocycles. The molecule has 0 fully saturated rings. The van der Waals surface area contributed by atoms with Crippen molar-refractivity contribution < 1.29 is 47.3 Å². The van der Waals surface area contributed by atoms with E-state index in [0.29, 0.717) is 61.4 Å². The lowest BCUT2D eigenvalue weighted by Crippen LogP contribution is -2.22. The fourth-order valence-corrected chi connectivity index (χ4v) is 5.88. The van der Waals surface area contributed by atoms with Gasteiger partial charge in [-0.05, 0) is 67.7 Å². The molecule has 0 atom stereocenters. The number of ether oxygens (including phenoxy) is 1. The Balaban J connectivity index is 1.69. The van der Waals surface area contributed by atoms with Gasteiger partial charge in [0.25, 0.3) is 0 Å². The highest BCUT2D eigenvalue weighted by Crippen LogP contribution is 2.43. The zero-order valence-corrected chi connectivity index (χ0v) is 27.7. The van der Waals surface area contributed by atoms with Gasteiger partial charge in [0, 0.05) is 37.1 Å². The molecule has 15 nitrogen and oxygen atoms in total. The Hall–Kier alpha value is -3.81. The number of aromatic nitrogens is 3. The van der Waals surface area contributed by atoms with Gasteiger partial charge in [-0.2, -0.15) is 0 Å². The predicted octanol–water partition coefficient (Wildman–Crippen LogP) is 4.14. The van der Waals surface area contributed by atoms with E-state index in [4.69, 9.17) is 24.5 Å². The number of hydrogen-bond donors (Lipinski definition) is 6. The van der Waals surface area contributed by atoms with Crippen molar-refractivity contribution in [2.24, 2.45) is 0 Å². The van der Waals surface area contributed by atoms with Crippen LogP contribution in [-0.2, 0) is 38.0 Å². The SMILES string of the molecule is C=CC(=O)NCCCOCCCc1ccc2nc(N)c3nc(CCCC)n(Cc4cc(OP(=O)(O)O)ccc4OP(=O)(O)O)c3c2c1. The summed E-state index contributed by atoms with van der Waals surface area (Å²) in [5.74, 6) is 0.203. The van der Waals surface area contributed by atoms with E-state index in [1.807, 2.05) is 29.7 Å². The number of anilines is 1. The van der Waals surface area contributed by atoms with Crippen LogP contribution in [0.5, 0.6) is 11.5 Å². The quantitative estimate of drug-likeness (QED) is 0.0490. The summed E-state index contributed by atoms with van der Waals surface area (Å²) in [7, 11) is -9.93. The summed E-state index contributed by atoms with van der Waals surface area (Å²) < 4.78 is 40.6. The smallest absolute Gasteiger partial charge is 0.404 e. The van der Waals surface area contributed by atoms with E-state index in [0.717, 1.165) is 36.3 Å². The molecule has 2 aromatic heterocycles. The molecule has 0 aliphatic rings. The summed E-state index contributed by atoms with van der Waals surface area (Å²) in [6.07, 6.45) is 5.55. The van der Waals surface area contributed by atoms with Crippen LogP contribution < -0.4 is 20.1 Å². The monoisotopic (exact) mass is 691 g/mol. The number of nitrogens with two attached hydrogens (primary N) is 1. The van der Waals surface area contributed by atoms with E-state index in [-0.39, 0.29) is 35.3 Å². The van der Waals surface area contributed by atoms with Gasteiger partial charge in [0.05, 0.1) is 17.6 Å². The van der Waals surface area contributed by atoms with Crippen LogP contribution in [0.1, 0.15) is 49.6 Å². The van der Waals surface area contributed by atoms with Crippen molar-refractivity contribution in [2.75, 3.05) is 25.5 Å². The summed E-state index contributed by atoms with van der Waals surface area (Å²) in [4.78, 5) is 58.5. The molecular formula is C30H39N5O10P2. The molecule has 0 aliphatic carbocycles. The highest BCUT2D eigenvalue weighted by atomic mass is 31.2. The lowest BCUT2D eigenvalue weighted by molar-refractivity contribution is -0.116. The Morgan fingerprint density at radius 2 is 1.74 bits per heavy atom. The number of rotatable bonds is 18. The minimum absolute atomic E-state index is 0.0485. The molecule has 0 bridgehead atoms. The average molecular weight is 692 g/mol. The summed E-state index contributed by atoms with van der Waals surface area (Å²) >= 11 is 0. The molecule has 17 heteroatoms. The molecule has 0 radical (unpaired) electrons. The molecule has 0 saturated carbocycles. The van der Waals surface area contributed by atoms with Crippen LogP contribution in [0.25, 0.3) is 21.9 Å². The van der Waals surface area contributed by atoms with Crippen LogP contribution in [0, 0.1) is 0 Å². The molecule has 0 spiro atoms. The topological polar surface area (TPSA) is 229 Å². The minimum atomic E-state index is -5.00. The fraction of sp³-hybridized carbons (Fsp3) is 0.367. The van der Waals surface area contributed by atoms with Gasteiger partial charge in [0.15, 0.2) is 5.82 Å². The van der Waals surface area contributed by atoms with Gasteiger partial charge in [-0.25, -0.2) is 19.1 Å². The third kappa shape index (κ3) is 10.3. The molecule has 2 heterocycles. The number of nitrogens with one attached hydrogen (secondary N) is 1. The number of unbranched alkanes of at least 4 members (excludes halogenated alkanes) is 1. The van der Waals surface area contributed by atoms with E-state index >= 15 is 0 Å². The second-order valence-corrected chi connectivity index (χ2v) is 13.1.